The first-order valence-corrected chi connectivity index (χ1v) is 6.74. The van der Waals surface area contributed by atoms with Crippen molar-refractivity contribution in [3.05, 3.63) is 72.3 Å². The van der Waals surface area contributed by atoms with Crippen molar-refractivity contribution in [2.24, 2.45) is 0 Å². The Morgan fingerprint density at radius 1 is 0.955 bits per heavy atom. The normalized spacial score (nSPS) is 10.7. The lowest BCUT2D eigenvalue weighted by atomic mass is 10.2. The zero-order valence-corrected chi connectivity index (χ0v) is 11.6. The van der Waals surface area contributed by atoms with Crippen LogP contribution < -0.4 is 5.32 Å². The highest BCUT2D eigenvalue weighted by molar-refractivity contribution is 6.00. The van der Waals surface area contributed by atoms with E-state index in [1.807, 2.05) is 60.7 Å². The summed E-state index contributed by atoms with van der Waals surface area (Å²) in [7, 11) is 0. The number of hydrogen-bond donors (Lipinski definition) is 1. The zero-order valence-electron chi connectivity index (χ0n) is 11.6. The number of anilines is 1. The molecule has 0 aliphatic rings. The SMILES string of the molecule is O=C(C=Cc1ccccc1)Nc1nnc(-c2ccccc2)o1. The molecule has 0 atom stereocenters. The van der Waals surface area contributed by atoms with Crippen LogP contribution in [0.15, 0.2) is 71.2 Å². The fraction of sp³-hybridized carbons (Fsp3) is 0. The van der Waals surface area contributed by atoms with Gasteiger partial charge in [-0.25, -0.2) is 0 Å². The first-order valence-electron chi connectivity index (χ1n) is 6.74. The lowest BCUT2D eigenvalue weighted by molar-refractivity contribution is -0.112. The molecule has 0 saturated heterocycles. The molecule has 0 saturated carbocycles. The first-order chi connectivity index (χ1) is 10.8. The standard InChI is InChI=1S/C17H13N3O2/c21-15(12-11-13-7-3-1-4-8-13)18-17-20-19-16(22-17)14-9-5-2-6-10-14/h1-12H,(H,18,20,21). The number of amides is 1. The van der Waals surface area contributed by atoms with E-state index < -0.39 is 0 Å². The van der Waals surface area contributed by atoms with E-state index in [0.29, 0.717) is 5.89 Å². The van der Waals surface area contributed by atoms with Gasteiger partial charge in [0.1, 0.15) is 0 Å². The molecule has 0 spiro atoms. The summed E-state index contributed by atoms with van der Waals surface area (Å²) >= 11 is 0. The van der Waals surface area contributed by atoms with Crippen LogP contribution in [0.2, 0.25) is 0 Å². The van der Waals surface area contributed by atoms with E-state index in [0.717, 1.165) is 11.1 Å². The lowest BCUT2D eigenvalue weighted by Crippen LogP contribution is -2.07. The predicted molar refractivity (Wildman–Crippen MR) is 83.8 cm³/mol. The summed E-state index contributed by atoms with van der Waals surface area (Å²) in [5.41, 5.74) is 1.74. The fourth-order valence-electron chi connectivity index (χ4n) is 1.85. The molecule has 0 aliphatic carbocycles. The summed E-state index contributed by atoms with van der Waals surface area (Å²) in [6.07, 6.45) is 3.13. The Morgan fingerprint density at radius 3 is 2.36 bits per heavy atom. The number of nitrogens with zero attached hydrogens (tertiary/aromatic N) is 2. The van der Waals surface area contributed by atoms with E-state index in [-0.39, 0.29) is 11.9 Å². The molecule has 1 heterocycles. The highest BCUT2D eigenvalue weighted by Crippen LogP contribution is 2.18. The van der Waals surface area contributed by atoms with Gasteiger partial charge in [-0.05, 0) is 23.8 Å². The molecule has 1 aromatic heterocycles. The number of carbonyl (C=O) groups excluding carboxylic acids is 1. The van der Waals surface area contributed by atoms with E-state index in [2.05, 4.69) is 15.5 Å². The Kier molecular flexibility index (Phi) is 4.06. The van der Waals surface area contributed by atoms with Gasteiger partial charge in [0.05, 0.1) is 0 Å². The van der Waals surface area contributed by atoms with Crippen LogP contribution in [-0.2, 0) is 4.79 Å². The van der Waals surface area contributed by atoms with Crippen LogP contribution in [0.3, 0.4) is 0 Å². The van der Waals surface area contributed by atoms with Gasteiger partial charge in [-0.3, -0.25) is 10.1 Å². The van der Waals surface area contributed by atoms with Crippen molar-refractivity contribution in [3.63, 3.8) is 0 Å². The Bertz CT molecular complexity index is 780. The largest absolute Gasteiger partial charge is 0.403 e. The van der Waals surface area contributed by atoms with Crippen molar-refractivity contribution < 1.29 is 9.21 Å². The Morgan fingerprint density at radius 2 is 1.64 bits per heavy atom. The molecule has 3 aromatic rings. The molecule has 5 heteroatoms. The third-order valence-electron chi connectivity index (χ3n) is 2.90. The molecular weight excluding hydrogens is 278 g/mol. The third kappa shape index (κ3) is 3.46. The van der Waals surface area contributed by atoms with Crippen LogP contribution in [0.5, 0.6) is 0 Å². The van der Waals surface area contributed by atoms with E-state index in [9.17, 15) is 4.79 Å². The Labute approximate surface area is 127 Å². The molecule has 5 nitrogen and oxygen atoms in total. The van der Waals surface area contributed by atoms with Gasteiger partial charge >= 0.3 is 6.01 Å². The molecule has 22 heavy (non-hydrogen) atoms. The molecule has 1 amide bonds. The highest BCUT2D eigenvalue weighted by atomic mass is 16.4. The summed E-state index contributed by atoms with van der Waals surface area (Å²) in [6.45, 7) is 0. The summed E-state index contributed by atoms with van der Waals surface area (Å²) in [5.74, 6) is 0.0371. The van der Waals surface area contributed by atoms with Crippen molar-refractivity contribution in [2.75, 3.05) is 5.32 Å². The van der Waals surface area contributed by atoms with Crippen LogP contribution in [0, 0.1) is 0 Å². The molecule has 1 N–H and O–H groups in total. The molecule has 0 bridgehead atoms. The summed E-state index contributed by atoms with van der Waals surface area (Å²) in [6, 6.07) is 19.0. The number of carbonyl (C=O) groups is 1. The van der Waals surface area contributed by atoms with Gasteiger partial charge in [-0.15, -0.1) is 5.10 Å². The van der Waals surface area contributed by atoms with E-state index >= 15 is 0 Å². The second-order valence-electron chi connectivity index (χ2n) is 4.51. The summed E-state index contributed by atoms with van der Waals surface area (Å²) in [5, 5.41) is 10.2. The molecule has 108 valence electrons. The molecule has 0 radical (unpaired) electrons. The maximum Gasteiger partial charge on any atom is 0.322 e. The second kappa shape index (κ2) is 6.49. The smallest absolute Gasteiger partial charge is 0.322 e. The van der Waals surface area contributed by atoms with Gasteiger partial charge in [0.2, 0.25) is 5.89 Å². The fourth-order valence-corrected chi connectivity index (χ4v) is 1.85. The number of aromatic nitrogens is 2. The van der Waals surface area contributed by atoms with Crippen LogP contribution >= 0.6 is 0 Å². The Balaban J connectivity index is 1.65. The number of rotatable bonds is 4. The van der Waals surface area contributed by atoms with Crippen molar-refractivity contribution in [2.45, 2.75) is 0 Å². The van der Waals surface area contributed by atoms with Gasteiger partial charge in [0.25, 0.3) is 5.91 Å². The molecule has 2 aromatic carbocycles. The molecule has 3 rings (SSSR count). The maximum atomic E-state index is 11.8. The molecular formula is C17H13N3O2. The minimum absolute atomic E-state index is 0.0709. The van der Waals surface area contributed by atoms with Crippen molar-refractivity contribution in [1.82, 2.24) is 10.2 Å². The maximum absolute atomic E-state index is 11.8. The van der Waals surface area contributed by atoms with E-state index in [4.69, 9.17) is 4.42 Å². The second-order valence-corrected chi connectivity index (χ2v) is 4.51. The average molecular weight is 291 g/mol. The molecule has 0 unspecified atom stereocenters. The van der Waals surface area contributed by atoms with E-state index in [1.165, 1.54) is 6.08 Å². The number of benzene rings is 2. The summed E-state index contributed by atoms with van der Waals surface area (Å²) < 4.78 is 5.40. The van der Waals surface area contributed by atoms with Gasteiger partial charge in [-0.2, -0.15) is 0 Å². The van der Waals surface area contributed by atoms with Crippen LogP contribution in [0.25, 0.3) is 17.5 Å². The van der Waals surface area contributed by atoms with Crippen molar-refractivity contribution in [3.8, 4) is 11.5 Å². The quantitative estimate of drug-likeness (QED) is 0.748. The highest BCUT2D eigenvalue weighted by Gasteiger charge is 2.09. The van der Waals surface area contributed by atoms with Gasteiger partial charge in [-0.1, -0.05) is 53.6 Å². The lowest BCUT2D eigenvalue weighted by Gasteiger charge is -1.95. The van der Waals surface area contributed by atoms with Crippen LogP contribution in [0.1, 0.15) is 5.56 Å². The Hall–Kier alpha value is -3.21. The van der Waals surface area contributed by atoms with Crippen molar-refractivity contribution >= 4 is 18.0 Å². The van der Waals surface area contributed by atoms with Crippen molar-refractivity contribution in [1.29, 1.82) is 0 Å². The van der Waals surface area contributed by atoms with Crippen LogP contribution in [-0.4, -0.2) is 16.1 Å². The minimum Gasteiger partial charge on any atom is -0.403 e. The predicted octanol–water partition coefficient (Wildman–Crippen LogP) is 3.39. The van der Waals surface area contributed by atoms with Crippen LogP contribution in [0.4, 0.5) is 6.01 Å². The number of hydrogen-bond acceptors (Lipinski definition) is 4. The van der Waals surface area contributed by atoms with Gasteiger partial charge in [0, 0.05) is 11.6 Å². The molecule has 0 aliphatic heterocycles. The monoisotopic (exact) mass is 291 g/mol. The zero-order chi connectivity index (χ0) is 15.2. The number of nitrogens with one attached hydrogen (secondary N) is 1. The third-order valence-corrected chi connectivity index (χ3v) is 2.90. The van der Waals surface area contributed by atoms with Gasteiger partial charge in [0.15, 0.2) is 0 Å². The van der Waals surface area contributed by atoms with E-state index in [1.54, 1.807) is 6.08 Å². The first kappa shape index (κ1) is 13.8. The topological polar surface area (TPSA) is 68.0 Å². The average Bonchev–Trinajstić information content (AvgIpc) is 3.03. The minimum atomic E-state index is -0.327. The summed E-state index contributed by atoms with van der Waals surface area (Å²) in [4.78, 5) is 11.8. The molecule has 0 fully saturated rings. The van der Waals surface area contributed by atoms with Gasteiger partial charge < -0.3 is 4.42 Å².